The first-order valence-corrected chi connectivity index (χ1v) is 14.7. The molecule has 1 aliphatic rings. The smallest absolute Gasteiger partial charge is 0.410 e. The van der Waals surface area contributed by atoms with E-state index in [4.69, 9.17) is 15.2 Å². The van der Waals surface area contributed by atoms with Gasteiger partial charge in [0.15, 0.2) is 5.82 Å². The third-order valence-electron chi connectivity index (χ3n) is 7.28. The molecule has 0 aliphatic carbocycles. The van der Waals surface area contributed by atoms with Crippen molar-refractivity contribution in [1.29, 1.82) is 0 Å². The van der Waals surface area contributed by atoms with Crippen LogP contribution in [-0.4, -0.2) is 75.2 Å². The van der Waals surface area contributed by atoms with Crippen LogP contribution in [0.25, 0.3) is 26.0 Å². The minimum Gasteiger partial charge on any atom is -0.495 e. The number of amides is 1. The van der Waals surface area contributed by atoms with Crippen molar-refractivity contribution in [3.8, 4) is 16.2 Å². The quantitative estimate of drug-likeness (QED) is 0.323. The summed E-state index contributed by atoms with van der Waals surface area (Å²) in [7, 11) is 1.69. The van der Waals surface area contributed by atoms with E-state index in [1.54, 1.807) is 30.3 Å². The Kier molecular flexibility index (Phi) is 7.93. The van der Waals surface area contributed by atoms with Crippen LogP contribution in [-0.2, 0) is 22.5 Å². The van der Waals surface area contributed by atoms with Crippen molar-refractivity contribution in [2.75, 3.05) is 39.0 Å². The van der Waals surface area contributed by atoms with Gasteiger partial charge in [0.1, 0.15) is 29.0 Å². The van der Waals surface area contributed by atoms with Crippen molar-refractivity contribution in [1.82, 2.24) is 24.4 Å². The molecule has 0 atom stereocenters. The van der Waals surface area contributed by atoms with Gasteiger partial charge in [-0.2, -0.15) is 5.10 Å². The number of carbonyl (C=O) groups is 2. The third-order valence-corrected chi connectivity index (χ3v) is 8.46. The average molecular weight is 579 g/mol. The van der Waals surface area contributed by atoms with Crippen LogP contribution in [0, 0.1) is 6.92 Å². The maximum Gasteiger partial charge on any atom is 0.410 e. The summed E-state index contributed by atoms with van der Waals surface area (Å²) in [5.41, 5.74) is 10.8. The number of piperazine rings is 1. The van der Waals surface area contributed by atoms with Gasteiger partial charge in [-0.15, -0.1) is 11.3 Å². The standard InChI is InChI=1S/C30H38N6O4S/c1-18-13-20-15-24(41-27(20)23(14-18)39-6)25-21(8-7-19(2)37)22(36-26(25)28(31)32-17-33-36)16-34-9-11-35(12-10-34)29(38)40-30(3,4)5/h13-15,17H,7-12,16H2,1-6H3,(H2,31,32,33). The van der Waals surface area contributed by atoms with E-state index >= 15 is 0 Å². The molecule has 1 aliphatic heterocycles. The van der Waals surface area contributed by atoms with Crippen LogP contribution >= 0.6 is 11.3 Å². The lowest BCUT2D eigenvalue weighted by Crippen LogP contribution is -2.49. The highest BCUT2D eigenvalue weighted by Crippen LogP contribution is 2.44. The molecular weight excluding hydrogens is 540 g/mol. The van der Waals surface area contributed by atoms with Crippen molar-refractivity contribution in [3.05, 3.63) is 41.3 Å². The molecule has 1 fully saturated rings. The van der Waals surface area contributed by atoms with Crippen LogP contribution in [0.3, 0.4) is 0 Å². The summed E-state index contributed by atoms with van der Waals surface area (Å²) in [6.07, 6.45) is 2.16. The van der Waals surface area contributed by atoms with Gasteiger partial charge in [-0.3, -0.25) is 4.90 Å². The number of Topliss-reactive ketones (excluding diaryl/α,β-unsaturated/α-hetero) is 1. The zero-order chi connectivity index (χ0) is 29.5. The maximum absolute atomic E-state index is 12.6. The molecule has 0 unspecified atom stereocenters. The van der Waals surface area contributed by atoms with Gasteiger partial charge in [-0.1, -0.05) is 6.07 Å². The molecule has 0 spiro atoms. The van der Waals surface area contributed by atoms with Crippen LogP contribution in [0.2, 0.25) is 0 Å². The number of aryl methyl sites for hydroxylation is 1. The third kappa shape index (κ3) is 6.01. The molecule has 1 amide bonds. The SMILES string of the molecule is COc1cc(C)cc2cc(-c3c(CCC(C)=O)c(CN4CCN(C(=O)OC(C)(C)C)CC4)n4ncnc(N)c34)sc12. The number of nitrogens with two attached hydrogens (primary N) is 1. The Bertz CT molecular complexity index is 1610. The number of carbonyl (C=O) groups excluding carboxylic acids is 2. The van der Waals surface area contributed by atoms with E-state index < -0.39 is 5.60 Å². The lowest BCUT2D eigenvalue weighted by molar-refractivity contribution is -0.116. The van der Waals surface area contributed by atoms with Gasteiger partial charge in [-0.05, 0) is 69.7 Å². The summed E-state index contributed by atoms with van der Waals surface area (Å²) in [6, 6.07) is 6.35. The zero-order valence-corrected chi connectivity index (χ0v) is 25.4. The molecule has 0 saturated carbocycles. The van der Waals surface area contributed by atoms with Crippen molar-refractivity contribution in [2.24, 2.45) is 0 Å². The van der Waals surface area contributed by atoms with Gasteiger partial charge in [0, 0.05) is 49.6 Å². The number of hydrogen-bond donors (Lipinski definition) is 1. The van der Waals surface area contributed by atoms with Gasteiger partial charge >= 0.3 is 6.09 Å². The molecule has 1 aromatic carbocycles. The number of ketones is 1. The van der Waals surface area contributed by atoms with Gasteiger partial charge in [0.05, 0.1) is 17.5 Å². The number of nitrogens with zero attached hydrogens (tertiary/aromatic N) is 5. The number of rotatable bonds is 7. The van der Waals surface area contributed by atoms with Crippen LogP contribution < -0.4 is 10.5 Å². The summed E-state index contributed by atoms with van der Waals surface area (Å²) < 4.78 is 14.2. The molecule has 2 N–H and O–H groups in total. The Morgan fingerprint density at radius 3 is 2.51 bits per heavy atom. The average Bonchev–Trinajstić information content (AvgIpc) is 3.46. The van der Waals surface area contributed by atoms with Crippen molar-refractivity contribution >= 4 is 44.6 Å². The highest BCUT2D eigenvalue weighted by Gasteiger charge is 2.29. The predicted molar refractivity (Wildman–Crippen MR) is 162 cm³/mol. The fourth-order valence-electron chi connectivity index (χ4n) is 5.38. The lowest BCUT2D eigenvalue weighted by Gasteiger charge is -2.35. The number of thiophene rings is 1. The molecule has 0 bridgehead atoms. The molecule has 41 heavy (non-hydrogen) atoms. The largest absolute Gasteiger partial charge is 0.495 e. The molecule has 10 nitrogen and oxygen atoms in total. The van der Waals surface area contributed by atoms with Crippen molar-refractivity contribution < 1.29 is 19.1 Å². The van der Waals surface area contributed by atoms with Gasteiger partial charge in [-0.25, -0.2) is 14.3 Å². The molecule has 1 saturated heterocycles. The van der Waals surface area contributed by atoms with E-state index in [1.165, 1.54) is 6.33 Å². The van der Waals surface area contributed by atoms with Crippen LogP contribution in [0.5, 0.6) is 5.75 Å². The second kappa shape index (κ2) is 11.3. The monoisotopic (exact) mass is 578 g/mol. The Morgan fingerprint density at radius 1 is 1.12 bits per heavy atom. The molecule has 0 radical (unpaired) electrons. The molecule has 3 aromatic heterocycles. The fourth-order valence-corrected chi connectivity index (χ4v) is 6.59. The normalized spacial score (nSPS) is 14.6. The molecule has 218 valence electrons. The van der Waals surface area contributed by atoms with E-state index in [9.17, 15) is 9.59 Å². The maximum atomic E-state index is 12.6. The lowest BCUT2D eigenvalue weighted by atomic mass is 10.0. The molecular formula is C30H38N6O4S. The molecule has 4 aromatic rings. The first kappa shape index (κ1) is 28.8. The molecule has 11 heteroatoms. The Morgan fingerprint density at radius 2 is 1.85 bits per heavy atom. The van der Waals surface area contributed by atoms with Crippen molar-refractivity contribution in [2.45, 2.75) is 59.6 Å². The molecule has 4 heterocycles. The Balaban J connectivity index is 1.56. The second-order valence-corrected chi connectivity index (χ2v) is 12.7. The fraction of sp³-hybridized carbons (Fsp3) is 0.467. The zero-order valence-electron chi connectivity index (χ0n) is 24.6. The van der Waals surface area contributed by atoms with E-state index in [2.05, 4.69) is 34.0 Å². The number of anilines is 1. The predicted octanol–water partition coefficient (Wildman–Crippen LogP) is 5.08. The van der Waals surface area contributed by atoms with E-state index in [0.717, 1.165) is 48.6 Å². The number of hydrogen-bond acceptors (Lipinski definition) is 9. The number of nitrogen functional groups attached to an aromatic ring is 1. The highest BCUT2D eigenvalue weighted by molar-refractivity contribution is 7.22. The summed E-state index contributed by atoms with van der Waals surface area (Å²) in [5.74, 6) is 1.34. The topological polar surface area (TPSA) is 115 Å². The van der Waals surface area contributed by atoms with E-state index in [1.807, 2.05) is 31.4 Å². The van der Waals surface area contributed by atoms with Crippen LogP contribution in [0.4, 0.5) is 10.6 Å². The van der Waals surface area contributed by atoms with Gasteiger partial charge < -0.3 is 24.9 Å². The first-order valence-electron chi connectivity index (χ1n) is 13.9. The van der Waals surface area contributed by atoms with Gasteiger partial charge in [0.2, 0.25) is 0 Å². The minimum absolute atomic E-state index is 0.121. The summed E-state index contributed by atoms with van der Waals surface area (Å²) >= 11 is 1.64. The number of aromatic nitrogens is 3. The Hall–Kier alpha value is -3.70. The number of ether oxygens (including phenoxy) is 2. The number of benzene rings is 1. The minimum atomic E-state index is -0.532. The highest BCUT2D eigenvalue weighted by atomic mass is 32.1. The molecule has 5 rings (SSSR count). The van der Waals surface area contributed by atoms with Gasteiger partial charge in [0.25, 0.3) is 0 Å². The van der Waals surface area contributed by atoms with E-state index in [0.29, 0.717) is 51.4 Å². The number of fused-ring (bicyclic) bond motifs is 2. The van der Waals surface area contributed by atoms with E-state index in [-0.39, 0.29) is 11.9 Å². The van der Waals surface area contributed by atoms with Crippen LogP contribution in [0.15, 0.2) is 24.5 Å². The first-order chi connectivity index (χ1) is 19.4. The number of methoxy groups -OCH3 is 1. The summed E-state index contributed by atoms with van der Waals surface area (Å²) in [6.45, 7) is 12.4. The second-order valence-electron chi connectivity index (χ2n) is 11.6. The summed E-state index contributed by atoms with van der Waals surface area (Å²) in [5, 5.41) is 5.73. The van der Waals surface area contributed by atoms with Crippen molar-refractivity contribution in [3.63, 3.8) is 0 Å². The Labute approximate surface area is 244 Å². The summed E-state index contributed by atoms with van der Waals surface area (Å²) in [4.78, 5) is 34.2. The van der Waals surface area contributed by atoms with Crippen LogP contribution in [0.1, 0.15) is 50.9 Å².